The number of hydrogen-bond donors (Lipinski definition) is 3. The number of rotatable bonds is 7. The second-order valence-corrected chi connectivity index (χ2v) is 13.7. The number of nitrogens with one attached hydrogen (secondary N) is 2. The van der Waals surface area contributed by atoms with E-state index in [1.165, 1.54) is 18.2 Å². The number of ether oxygens (including phenoxy) is 1. The number of likely N-dealkylation sites (tertiary alicyclic amines) is 1. The van der Waals surface area contributed by atoms with E-state index >= 15 is 0 Å². The number of fused-ring (bicyclic) bond motifs is 1. The van der Waals surface area contributed by atoms with Crippen LogP contribution in [-0.4, -0.2) is 73.2 Å². The maximum Gasteiger partial charge on any atom is 0.300 e. The lowest BCUT2D eigenvalue weighted by atomic mass is 10.0. The van der Waals surface area contributed by atoms with E-state index in [1.54, 1.807) is 42.4 Å². The number of anilines is 2. The SMILES string of the molecule is C[C@@H](Oc1cc(-c2cnn(C3CCN(C(=O)C#CNc4cccc5c4C(=O)N(C4CCC(=O)NC4=O)C5=O)CC3)c2)cnc1N)c1c(Cl)ccc(F)c1Cl. The van der Waals surface area contributed by atoms with Gasteiger partial charge in [-0.05, 0) is 56.5 Å². The van der Waals surface area contributed by atoms with Crippen molar-refractivity contribution >= 4 is 64.2 Å². The normalized spacial score (nSPS) is 17.8. The number of nitrogens with two attached hydrogens (primary N) is 1. The molecule has 0 spiro atoms. The maximum absolute atomic E-state index is 14.1. The number of carbonyl (C=O) groups is 5. The Hall–Kier alpha value is -5.98. The van der Waals surface area contributed by atoms with E-state index in [0.717, 1.165) is 10.5 Å². The van der Waals surface area contributed by atoms with Gasteiger partial charge in [-0.2, -0.15) is 5.10 Å². The minimum absolute atomic E-state index is 0.00592. The minimum atomic E-state index is -1.10. The van der Waals surface area contributed by atoms with Crippen LogP contribution in [-0.2, 0) is 14.4 Å². The van der Waals surface area contributed by atoms with Crippen molar-refractivity contribution in [3.63, 3.8) is 0 Å². The van der Waals surface area contributed by atoms with E-state index in [9.17, 15) is 28.4 Å². The lowest BCUT2D eigenvalue weighted by molar-refractivity contribution is -0.136. The standard InChI is InChI=1S/C37H31Cl2FN8O6/c1-19(31-24(38)5-6-25(40)33(31)39)54-28-15-20(16-43-34(28)41)21-17-44-47(18-21)22-10-13-46(14-11-22)30(50)9-12-42-26-4-2-3-23-32(26)37(53)48(36(23)52)27-7-8-29(49)45-35(27)51/h2-6,15-19,22,27,42H,7-8,10-11,13-14H2,1H3,(H2,41,43)(H,45,49,51)/t19-,27?/m1/s1. The van der Waals surface area contributed by atoms with E-state index in [-0.39, 0.29) is 62.9 Å². The molecule has 0 saturated carbocycles. The first-order valence-corrected chi connectivity index (χ1v) is 17.7. The number of imide groups is 2. The fraction of sp³-hybridized carbons (Fsp3) is 0.270. The molecule has 2 fully saturated rings. The number of halogens is 3. The molecule has 1 unspecified atom stereocenters. The summed E-state index contributed by atoms with van der Waals surface area (Å²) in [5.74, 6) is -0.581. The Bertz CT molecular complexity index is 2300. The summed E-state index contributed by atoms with van der Waals surface area (Å²) in [6.07, 6.45) is 5.70. The largest absolute Gasteiger partial charge is 0.482 e. The number of carbonyl (C=O) groups excluding carboxylic acids is 5. The summed E-state index contributed by atoms with van der Waals surface area (Å²) < 4.78 is 22.0. The van der Waals surface area contributed by atoms with Crippen molar-refractivity contribution in [2.24, 2.45) is 0 Å². The molecule has 14 nitrogen and oxygen atoms in total. The average molecular weight is 774 g/mol. The highest BCUT2D eigenvalue weighted by molar-refractivity contribution is 6.36. The van der Waals surface area contributed by atoms with Gasteiger partial charge in [0.2, 0.25) is 11.8 Å². The van der Waals surface area contributed by atoms with Crippen LogP contribution in [0.5, 0.6) is 5.75 Å². The van der Waals surface area contributed by atoms with Crippen LogP contribution in [0.1, 0.15) is 71.0 Å². The number of pyridine rings is 1. The molecular weight excluding hydrogens is 742 g/mol. The number of nitrogen functional groups attached to an aromatic ring is 1. The molecule has 276 valence electrons. The topological polar surface area (TPSA) is 182 Å². The maximum atomic E-state index is 14.1. The molecular formula is C37H31Cl2FN8O6. The Morgan fingerprint density at radius 2 is 1.85 bits per heavy atom. The van der Waals surface area contributed by atoms with E-state index in [0.29, 0.717) is 31.5 Å². The number of aromatic nitrogens is 3. The Morgan fingerprint density at radius 1 is 1.07 bits per heavy atom. The lowest BCUT2D eigenvalue weighted by Crippen LogP contribution is -2.54. The predicted molar refractivity (Wildman–Crippen MR) is 195 cm³/mol. The second kappa shape index (κ2) is 14.8. The highest BCUT2D eigenvalue weighted by atomic mass is 35.5. The summed E-state index contributed by atoms with van der Waals surface area (Å²) in [7, 11) is 0. The van der Waals surface area contributed by atoms with Gasteiger partial charge in [-0.25, -0.2) is 9.37 Å². The molecule has 2 aromatic heterocycles. The molecule has 17 heteroatoms. The van der Waals surface area contributed by atoms with Gasteiger partial charge in [-0.3, -0.25) is 38.9 Å². The van der Waals surface area contributed by atoms with Gasteiger partial charge in [0.05, 0.1) is 34.1 Å². The molecule has 4 aromatic rings. The summed E-state index contributed by atoms with van der Waals surface area (Å²) in [6.45, 7) is 2.52. The van der Waals surface area contributed by atoms with Crippen molar-refractivity contribution < 1.29 is 33.1 Å². The summed E-state index contributed by atoms with van der Waals surface area (Å²) in [4.78, 5) is 70.1. The number of nitrogens with zero attached hydrogens (tertiary/aromatic N) is 5. The Labute approximate surface area is 317 Å². The summed E-state index contributed by atoms with van der Waals surface area (Å²) >= 11 is 12.4. The Morgan fingerprint density at radius 3 is 2.61 bits per heavy atom. The molecule has 7 rings (SSSR count). The molecule has 0 aliphatic carbocycles. The third-order valence-electron chi connectivity index (χ3n) is 9.57. The number of piperidine rings is 2. The highest BCUT2D eigenvalue weighted by Gasteiger charge is 2.45. The average Bonchev–Trinajstić information content (AvgIpc) is 3.74. The van der Waals surface area contributed by atoms with E-state index in [4.69, 9.17) is 33.7 Å². The molecule has 3 aliphatic heterocycles. The van der Waals surface area contributed by atoms with Crippen molar-refractivity contribution in [1.29, 1.82) is 0 Å². The van der Waals surface area contributed by atoms with Crippen LogP contribution in [0.2, 0.25) is 10.0 Å². The molecule has 4 N–H and O–H groups in total. The third kappa shape index (κ3) is 6.93. The van der Waals surface area contributed by atoms with E-state index in [1.807, 2.05) is 10.9 Å². The lowest BCUT2D eigenvalue weighted by Gasteiger charge is -2.30. The van der Waals surface area contributed by atoms with Crippen molar-refractivity contribution in [2.45, 2.75) is 50.8 Å². The molecule has 5 amide bonds. The number of amides is 5. The fourth-order valence-corrected chi connectivity index (χ4v) is 7.42. The van der Waals surface area contributed by atoms with Crippen molar-refractivity contribution in [3.8, 4) is 28.8 Å². The van der Waals surface area contributed by atoms with Gasteiger partial charge in [0, 0.05) is 65.6 Å². The molecule has 2 atom stereocenters. The third-order valence-corrected chi connectivity index (χ3v) is 10.3. The monoisotopic (exact) mass is 772 g/mol. The molecule has 2 saturated heterocycles. The van der Waals surface area contributed by atoms with Crippen molar-refractivity contribution in [1.82, 2.24) is 29.9 Å². The first-order chi connectivity index (χ1) is 25.9. The van der Waals surface area contributed by atoms with Crippen LogP contribution in [0.4, 0.5) is 15.9 Å². The summed E-state index contributed by atoms with van der Waals surface area (Å²) in [5, 5.41) is 9.61. The smallest absolute Gasteiger partial charge is 0.300 e. The van der Waals surface area contributed by atoms with Crippen LogP contribution < -0.4 is 21.1 Å². The van der Waals surface area contributed by atoms with Gasteiger partial charge in [-0.1, -0.05) is 29.3 Å². The van der Waals surface area contributed by atoms with Crippen molar-refractivity contribution in [2.75, 3.05) is 24.1 Å². The van der Waals surface area contributed by atoms with Gasteiger partial charge < -0.3 is 20.7 Å². The van der Waals surface area contributed by atoms with Crippen LogP contribution in [0.3, 0.4) is 0 Å². The number of benzene rings is 2. The first kappa shape index (κ1) is 36.4. The van der Waals surface area contributed by atoms with Crippen LogP contribution >= 0.6 is 23.2 Å². The molecule has 0 radical (unpaired) electrons. The predicted octanol–water partition coefficient (Wildman–Crippen LogP) is 4.75. The zero-order valence-corrected chi connectivity index (χ0v) is 30.1. The summed E-state index contributed by atoms with van der Waals surface area (Å²) in [6, 6.07) is 10.4. The summed E-state index contributed by atoms with van der Waals surface area (Å²) in [5.41, 5.74) is 8.19. The van der Waals surface area contributed by atoms with E-state index in [2.05, 4.69) is 32.7 Å². The van der Waals surface area contributed by atoms with Crippen LogP contribution in [0, 0.1) is 17.8 Å². The van der Waals surface area contributed by atoms with E-state index < -0.39 is 47.5 Å². The van der Waals surface area contributed by atoms with Gasteiger partial charge >= 0.3 is 0 Å². The molecule has 5 heterocycles. The molecule has 3 aliphatic rings. The van der Waals surface area contributed by atoms with Gasteiger partial charge in [0.25, 0.3) is 17.7 Å². The van der Waals surface area contributed by atoms with Crippen LogP contribution in [0.25, 0.3) is 11.1 Å². The van der Waals surface area contributed by atoms with Gasteiger partial charge in [0.15, 0.2) is 11.6 Å². The minimum Gasteiger partial charge on any atom is -0.482 e. The zero-order valence-electron chi connectivity index (χ0n) is 28.6. The quantitative estimate of drug-likeness (QED) is 0.103. The Kier molecular flexibility index (Phi) is 9.97. The number of hydrogen-bond acceptors (Lipinski definition) is 10. The fourth-order valence-electron chi connectivity index (χ4n) is 6.74. The van der Waals surface area contributed by atoms with Gasteiger partial charge in [-0.15, -0.1) is 0 Å². The molecule has 0 bridgehead atoms. The molecule has 54 heavy (non-hydrogen) atoms. The molecule has 2 aromatic carbocycles. The van der Waals surface area contributed by atoms with Crippen molar-refractivity contribution in [3.05, 3.63) is 87.5 Å². The highest BCUT2D eigenvalue weighted by Crippen LogP contribution is 2.37. The zero-order chi connectivity index (χ0) is 38.3. The van der Waals surface area contributed by atoms with Gasteiger partial charge in [0.1, 0.15) is 18.0 Å². The Balaban J connectivity index is 0.960. The first-order valence-electron chi connectivity index (χ1n) is 16.9. The second-order valence-electron chi connectivity index (χ2n) is 12.9. The van der Waals surface area contributed by atoms with Crippen LogP contribution in [0.15, 0.2) is 55.0 Å².